The number of carbonyl (C=O) groups excluding carboxylic acids is 1. The summed E-state index contributed by atoms with van der Waals surface area (Å²) in [5.74, 6) is -2.90. The highest BCUT2D eigenvalue weighted by molar-refractivity contribution is 9.09. The van der Waals surface area contributed by atoms with Gasteiger partial charge in [0.15, 0.2) is 17.4 Å². The lowest BCUT2D eigenvalue weighted by Gasteiger charge is -2.01. The third kappa shape index (κ3) is 2.06. The molecule has 0 spiro atoms. The molecule has 1 nitrogen and oxygen atoms in total. The lowest BCUT2D eigenvalue weighted by atomic mass is 10.1. The molecular formula is C8H4BrClF2O. The van der Waals surface area contributed by atoms with Crippen LogP contribution in [0.1, 0.15) is 10.4 Å². The molecule has 5 heteroatoms. The van der Waals surface area contributed by atoms with Crippen LogP contribution in [-0.2, 0) is 0 Å². The molecule has 0 aliphatic rings. The van der Waals surface area contributed by atoms with Gasteiger partial charge < -0.3 is 0 Å². The highest BCUT2D eigenvalue weighted by Crippen LogP contribution is 2.20. The molecule has 0 saturated carbocycles. The number of ketones is 1. The number of hydrogen-bond acceptors (Lipinski definition) is 1. The molecule has 0 aliphatic heterocycles. The van der Waals surface area contributed by atoms with Gasteiger partial charge in [0.05, 0.1) is 15.9 Å². The van der Waals surface area contributed by atoms with Crippen molar-refractivity contribution in [2.24, 2.45) is 0 Å². The van der Waals surface area contributed by atoms with E-state index >= 15 is 0 Å². The maximum Gasteiger partial charge on any atom is 0.178 e. The monoisotopic (exact) mass is 268 g/mol. The second-order valence-electron chi connectivity index (χ2n) is 2.28. The minimum absolute atomic E-state index is 0.0506. The van der Waals surface area contributed by atoms with Gasteiger partial charge in [0.2, 0.25) is 0 Å². The molecule has 0 atom stereocenters. The van der Waals surface area contributed by atoms with E-state index in [4.69, 9.17) is 11.6 Å². The average Bonchev–Trinajstić information content (AvgIpc) is 2.13. The second-order valence-corrected chi connectivity index (χ2v) is 3.25. The molecule has 0 amide bonds. The molecule has 13 heavy (non-hydrogen) atoms. The molecule has 0 radical (unpaired) electrons. The Hall–Kier alpha value is -0.480. The van der Waals surface area contributed by atoms with E-state index in [0.717, 1.165) is 12.1 Å². The molecule has 0 aromatic heterocycles. The minimum atomic E-state index is -1.20. The maximum atomic E-state index is 13.0. The van der Waals surface area contributed by atoms with Crippen LogP contribution in [0.2, 0.25) is 5.02 Å². The lowest BCUT2D eigenvalue weighted by molar-refractivity contribution is 0.101. The fraction of sp³-hybridized carbons (Fsp3) is 0.125. The summed E-state index contributed by atoms with van der Waals surface area (Å²) in [5, 5.41) is -0.381. The first-order chi connectivity index (χ1) is 6.07. The zero-order valence-electron chi connectivity index (χ0n) is 6.28. The van der Waals surface area contributed by atoms with Gasteiger partial charge in [-0.3, -0.25) is 4.79 Å². The van der Waals surface area contributed by atoms with Crippen molar-refractivity contribution in [3.05, 3.63) is 34.4 Å². The van der Waals surface area contributed by atoms with Crippen LogP contribution in [0, 0.1) is 11.6 Å². The molecule has 0 saturated heterocycles. The van der Waals surface area contributed by atoms with E-state index in [0.29, 0.717) is 0 Å². The van der Waals surface area contributed by atoms with Gasteiger partial charge in [0, 0.05) is 0 Å². The highest BCUT2D eigenvalue weighted by Gasteiger charge is 2.16. The first kappa shape index (κ1) is 10.6. The van der Waals surface area contributed by atoms with Crippen LogP contribution in [0.3, 0.4) is 0 Å². The predicted molar refractivity (Wildman–Crippen MR) is 49.5 cm³/mol. The van der Waals surface area contributed by atoms with E-state index in [1.165, 1.54) is 0 Å². The molecule has 0 bridgehead atoms. The van der Waals surface area contributed by atoms with Gasteiger partial charge in [-0.1, -0.05) is 27.5 Å². The molecule has 70 valence electrons. The van der Waals surface area contributed by atoms with Gasteiger partial charge in [-0.15, -0.1) is 0 Å². The first-order valence-electron chi connectivity index (χ1n) is 3.30. The van der Waals surface area contributed by atoms with Crippen LogP contribution in [0.15, 0.2) is 12.1 Å². The Morgan fingerprint density at radius 1 is 1.38 bits per heavy atom. The summed E-state index contributed by atoms with van der Waals surface area (Å²) in [6, 6.07) is 2.31. The van der Waals surface area contributed by atoms with Crippen molar-refractivity contribution in [2.45, 2.75) is 0 Å². The van der Waals surface area contributed by atoms with E-state index in [2.05, 4.69) is 15.9 Å². The van der Waals surface area contributed by atoms with Gasteiger partial charge in [-0.2, -0.15) is 0 Å². The number of rotatable bonds is 2. The van der Waals surface area contributed by atoms with Crippen LogP contribution < -0.4 is 0 Å². The fourth-order valence-electron chi connectivity index (χ4n) is 0.813. The van der Waals surface area contributed by atoms with Crippen molar-refractivity contribution in [2.75, 3.05) is 5.33 Å². The summed E-state index contributed by atoms with van der Waals surface area (Å²) in [4.78, 5) is 11.0. The van der Waals surface area contributed by atoms with Gasteiger partial charge in [0.1, 0.15) is 0 Å². The summed E-state index contributed by atoms with van der Waals surface area (Å²) in [5.41, 5.74) is -0.293. The van der Waals surface area contributed by atoms with E-state index in [1.54, 1.807) is 0 Å². The molecule has 1 aromatic carbocycles. The quantitative estimate of drug-likeness (QED) is 0.458. The van der Waals surface area contributed by atoms with E-state index in [1.807, 2.05) is 0 Å². The van der Waals surface area contributed by atoms with Crippen LogP contribution in [0.5, 0.6) is 0 Å². The maximum absolute atomic E-state index is 13.0. The highest BCUT2D eigenvalue weighted by atomic mass is 79.9. The Kier molecular flexibility index (Phi) is 3.39. The van der Waals surface area contributed by atoms with Crippen molar-refractivity contribution in [1.82, 2.24) is 0 Å². The van der Waals surface area contributed by atoms with Crippen molar-refractivity contribution in [3.8, 4) is 0 Å². The molecule has 0 aliphatic carbocycles. The van der Waals surface area contributed by atoms with Crippen LogP contribution in [0.4, 0.5) is 8.78 Å². The molecular weight excluding hydrogens is 265 g/mol. The van der Waals surface area contributed by atoms with Crippen molar-refractivity contribution in [1.29, 1.82) is 0 Å². The Balaban J connectivity index is 3.26. The summed E-state index contributed by atoms with van der Waals surface area (Å²) >= 11 is 8.15. The molecule has 0 fully saturated rings. The smallest absolute Gasteiger partial charge is 0.178 e. The third-order valence-electron chi connectivity index (χ3n) is 1.46. The van der Waals surface area contributed by atoms with E-state index in [-0.39, 0.29) is 15.9 Å². The summed E-state index contributed by atoms with van der Waals surface area (Å²) in [6.07, 6.45) is 0. The molecule has 0 unspecified atom stereocenters. The first-order valence-corrected chi connectivity index (χ1v) is 4.80. The predicted octanol–water partition coefficient (Wildman–Crippen LogP) is 3.20. The van der Waals surface area contributed by atoms with Crippen LogP contribution >= 0.6 is 27.5 Å². The van der Waals surface area contributed by atoms with E-state index in [9.17, 15) is 13.6 Å². The Morgan fingerprint density at radius 3 is 2.54 bits per heavy atom. The largest absolute Gasteiger partial charge is 0.293 e. The van der Waals surface area contributed by atoms with Crippen molar-refractivity contribution in [3.63, 3.8) is 0 Å². The number of carbonyl (C=O) groups is 1. The lowest BCUT2D eigenvalue weighted by Crippen LogP contribution is -2.05. The third-order valence-corrected chi connectivity index (χ3v) is 2.26. The average molecular weight is 269 g/mol. The van der Waals surface area contributed by atoms with Crippen LogP contribution in [0.25, 0.3) is 0 Å². The molecule has 1 aromatic rings. The number of hydrogen-bond donors (Lipinski definition) is 0. The molecule has 0 N–H and O–H groups in total. The van der Waals surface area contributed by atoms with Gasteiger partial charge >= 0.3 is 0 Å². The normalized spacial score (nSPS) is 10.2. The zero-order chi connectivity index (χ0) is 10.0. The van der Waals surface area contributed by atoms with E-state index < -0.39 is 17.4 Å². The standard InChI is InChI=1S/C8H4BrClF2O/c9-3-6(13)4-1-2-5(10)8(12)7(4)11/h1-2H,3H2. The Labute approximate surface area is 86.8 Å². The number of alkyl halides is 1. The molecule has 0 heterocycles. The zero-order valence-corrected chi connectivity index (χ0v) is 8.62. The molecule has 1 rings (SSSR count). The number of benzene rings is 1. The minimum Gasteiger partial charge on any atom is -0.293 e. The number of halogens is 4. The second kappa shape index (κ2) is 4.15. The van der Waals surface area contributed by atoms with Gasteiger partial charge in [-0.05, 0) is 12.1 Å². The summed E-state index contributed by atoms with van der Waals surface area (Å²) in [7, 11) is 0. The number of Topliss-reactive ketones (excluding diaryl/α,β-unsaturated/α-hetero) is 1. The van der Waals surface area contributed by atoms with Gasteiger partial charge in [-0.25, -0.2) is 8.78 Å². The fourth-order valence-corrected chi connectivity index (χ4v) is 1.26. The van der Waals surface area contributed by atoms with Gasteiger partial charge in [0.25, 0.3) is 0 Å². The van der Waals surface area contributed by atoms with Crippen molar-refractivity contribution < 1.29 is 13.6 Å². The SMILES string of the molecule is O=C(CBr)c1ccc(Cl)c(F)c1F. The summed E-state index contributed by atoms with van der Waals surface area (Å²) < 4.78 is 25.8. The Morgan fingerprint density at radius 2 is 2.00 bits per heavy atom. The van der Waals surface area contributed by atoms with Crippen LogP contribution in [-0.4, -0.2) is 11.1 Å². The summed E-state index contributed by atoms with van der Waals surface area (Å²) in [6.45, 7) is 0. The topological polar surface area (TPSA) is 17.1 Å². The van der Waals surface area contributed by atoms with Crippen molar-refractivity contribution >= 4 is 33.3 Å². The Bertz CT molecular complexity index is 354.